The van der Waals surface area contributed by atoms with Gasteiger partial charge in [-0.15, -0.1) is 0 Å². The summed E-state index contributed by atoms with van der Waals surface area (Å²) in [5, 5.41) is 11.4. The van der Waals surface area contributed by atoms with Gasteiger partial charge < -0.3 is 19.5 Å². The molecule has 1 N–H and O–H groups in total. The highest BCUT2D eigenvalue weighted by Crippen LogP contribution is 2.44. The van der Waals surface area contributed by atoms with Crippen molar-refractivity contribution >= 4 is 17.4 Å². The minimum absolute atomic E-state index is 0.0844. The van der Waals surface area contributed by atoms with Crippen molar-refractivity contribution in [2.45, 2.75) is 18.6 Å². The third-order valence-corrected chi connectivity index (χ3v) is 5.60. The molecule has 0 saturated carbocycles. The van der Waals surface area contributed by atoms with Crippen molar-refractivity contribution in [1.82, 2.24) is 0 Å². The van der Waals surface area contributed by atoms with Crippen molar-refractivity contribution in [3.63, 3.8) is 0 Å². The van der Waals surface area contributed by atoms with Gasteiger partial charge in [0, 0.05) is 11.1 Å². The molecule has 1 unspecified atom stereocenters. The lowest BCUT2D eigenvalue weighted by Gasteiger charge is -2.23. The summed E-state index contributed by atoms with van der Waals surface area (Å²) in [6.07, 6.45) is -0.414. The van der Waals surface area contributed by atoms with Crippen molar-refractivity contribution in [1.29, 1.82) is 0 Å². The van der Waals surface area contributed by atoms with Crippen molar-refractivity contribution < 1.29 is 28.6 Å². The topological polar surface area (TPSA) is 76.1 Å². The SMILES string of the molecule is O=C(CC1(O)C(=O)N(Cc2ccc(F)cc2)c2ccccc21)c1ccc2c(c1)OCO2. The molecule has 3 aromatic rings. The molecule has 6 nitrogen and oxygen atoms in total. The highest BCUT2D eigenvalue weighted by Gasteiger charge is 2.50. The first-order valence-electron chi connectivity index (χ1n) is 9.77. The van der Waals surface area contributed by atoms with E-state index in [4.69, 9.17) is 9.47 Å². The summed E-state index contributed by atoms with van der Waals surface area (Å²) in [5.74, 6) is -0.362. The number of aliphatic hydroxyl groups is 1. The average molecular weight is 419 g/mol. The van der Waals surface area contributed by atoms with E-state index < -0.39 is 23.7 Å². The molecule has 3 aromatic carbocycles. The van der Waals surface area contributed by atoms with E-state index in [-0.39, 0.29) is 19.2 Å². The van der Waals surface area contributed by atoms with Crippen LogP contribution in [-0.2, 0) is 16.9 Å². The Morgan fingerprint density at radius 3 is 2.58 bits per heavy atom. The maximum atomic E-state index is 13.3. The predicted octanol–water partition coefficient (Wildman–Crippen LogP) is 3.56. The largest absolute Gasteiger partial charge is 0.454 e. The summed E-state index contributed by atoms with van der Waals surface area (Å²) in [7, 11) is 0. The fraction of sp³-hybridized carbons (Fsp3) is 0.167. The van der Waals surface area contributed by atoms with Crippen LogP contribution in [0, 0.1) is 5.82 Å². The van der Waals surface area contributed by atoms with Crippen LogP contribution in [0.3, 0.4) is 0 Å². The first-order valence-corrected chi connectivity index (χ1v) is 9.77. The van der Waals surface area contributed by atoms with Gasteiger partial charge in [-0.2, -0.15) is 0 Å². The number of Topliss-reactive ketones (excluding diaryl/α,β-unsaturated/α-hetero) is 1. The maximum absolute atomic E-state index is 13.3. The Hall–Kier alpha value is -3.71. The number of anilines is 1. The van der Waals surface area contributed by atoms with Gasteiger partial charge in [0.1, 0.15) is 5.82 Å². The van der Waals surface area contributed by atoms with E-state index in [1.165, 1.54) is 17.0 Å². The summed E-state index contributed by atoms with van der Waals surface area (Å²) >= 11 is 0. The number of fused-ring (bicyclic) bond motifs is 2. The molecule has 1 atom stereocenters. The maximum Gasteiger partial charge on any atom is 0.264 e. The Bertz CT molecular complexity index is 1190. The van der Waals surface area contributed by atoms with Crippen LogP contribution in [0.5, 0.6) is 11.5 Å². The monoisotopic (exact) mass is 419 g/mol. The van der Waals surface area contributed by atoms with Crippen molar-refractivity contribution in [2.75, 3.05) is 11.7 Å². The van der Waals surface area contributed by atoms with Gasteiger partial charge in [-0.05, 0) is 42.0 Å². The van der Waals surface area contributed by atoms with Crippen molar-refractivity contribution in [2.24, 2.45) is 0 Å². The Labute approximate surface area is 177 Å². The highest BCUT2D eigenvalue weighted by atomic mass is 19.1. The summed E-state index contributed by atoms with van der Waals surface area (Å²) in [4.78, 5) is 27.7. The van der Waals surface area contributed by atoms with Gasteiger partial charge in [0.15, 0.2) is 22.9 Å². The van der Waals surface area contributed by atoms with E-state index >= 15 is 0 Å². The van der Waals surface area contributed by atoms with E-state index in [0.29, 0.717) is 33.9 Å². The minimum Gasteiger partial charge on any atom is -0.454 e. The Morgan fingerprint density at radius 1 is 1.03 bits per heavy atom. The van der Waals surface area contributed by atoms with Crippen molar-refractivity contribution in [3.05, 3.63) is 89.2 Å². The molecule has 7 heteroatoms. The quantitative estimate of drug-likeness (QED) is 0.640. The van der Waals surface area contributed by atoms with Crippen LogP contribution >= 0.6 is 0 Å². The van der Waals surface area contributed by atoms with Gasteiger partial charge in [0.25, 0.3) is 5.91 Å². The van der Waals surface area contributed by atoms with E-state index in [2.05, 4.69) is 0 Å². The van der Waals surface area contributed by atoms with E-state index in [0.717, 1.165) is 0 Å². The van der Waals surface area contributed by atoms with Crippen LogP contribution < -0.4 is 14.4 Å². The molecule has 31 heavy (non-hydrogen) atoms. The number of ketones is 1. The number of benzene rings is 3. The fourth-order valence-electron chi connectivity index (χ4n) is 4.01. The van der Waals surface area contributed by atoms with E-state index in [1.807, 2.05) is 0 Å². The molecule has 0 spiro atoms. The average Bonchev–Trinajstić information content (AvgIpc) is 3.32. The molecule has 0 saturated heterocycles. The zero-order valence-electron chi connectivity index (χ0n) is 16.4. The minimum atomic E-state index is -2.00. The Balaban J connectivity index is 1.45. The molecule has 2 heterocycles. The summed E-state index contributed by atoms with van der Waals surface area (Å²) in [6, 6.07) is 17.4. The van der Waals surface area contributed by atoms with Crippen LogP contribution in [0.2, 0.25) is 0 Å². The zero-order chi connectivity index (χ0) is 21.6. The van der Waals surface area contributed by atoms with Crippen LogP contribution in [-0.4, -0.2) is 23.6 Å². The standard InChI is InChI=1S/C24H18FNO5/c25-17-8-5-15(6-9-17)13-26-19-4-2-1-3-18(19)24(29,23(26)28)12-20(27)16-7-10-21-22(11-16)31-14-30-21/h1-11,29H,12-14H2. The van der Waals surface area contributed by atoms with Gasteiger partial charge >= 0.3 is 0 Å². The summed E-state index contributed by atoms with van der Waals surface area (Å²) in [6.45, 7) is 0.234. The molecular weight excluding hydrogens is 401 g/mol. The Morgan fingerprint density at radius 2 is 1.77 bits per heavy atom. The van der Waals surface area contributed by atoms with Gasteiger partial charge in [0.2, 0.25) is 6.79 Å². The van der Waals surface area contributed by atoms with Gasteiger partial charge in [-0.25, -0.2) is 4.39 Å². The van der Waals surface area contributed by atoms with E-state index in [9.17, 15) is 19.1 Å². The number of para-hydroxylation sites is 1. The summed E-state index contributed by atoms with van der Waals surface area (Å²) in [5.41, 5.74) is -0.0748. The normalized spacial score (nSPS) is 18.9. The number of hydrogen-bond donors (Lipinski definition) is 1. The third kappa shape index (κ3) is 3.23. The van der Waals surface area contributed by atoms with Crippen LogP contribution in [0.15, 0.2) is 66.7 Å². The number of carbonyl (C=O) groups is 2. The van der Waals surface area contributed by atoms with Gasteiger partial charge in [0.05, 0.1) is 18.7 Å². The highest BCUT2D eigenvalue weighted by molar-refractivity contribution is 6.10. The molecule has 2 aliphatic rings. The molecule has 1 amide bonds. The smallest absolute Gasteiger partial charge is 0.264 e. The zero-order valence-corrected chi connectivity index (χ0v) is 16.4. The lowest BCUT2D eigenvalue weighted by Crippen LogP contribution is -2.41. The lowest BCUT2D eigenvalue weighted by atomic mass is 9.88. The van der Waals surface area contributed by atoms with Crippen molar-refractivity contribution in [3.8, 4) is 11.5 Å². The number of rotatable bonds is 5. The van der Waals surface area contributed by atoms with E-state index in [1.54, 1.807) is 54.6 Å². The predicted molar refractivity (Wildman–Crippen MR) is 109 cm³/mol. The number of halogens is 1. The second-order valence-electron chi connectivity index (χ2n) is 7.56. The number of nitrogens with zero attached hydrogens (tertiary/aromatic N) is 1. The molecule has 156 valence electrons. The molecular formula is C24H18FNO5. The molecule has 5 rings (SSSR count). The van der Waals surface area contributed by atoms with Crippen LogP contribution in [0.25, 0.3) is 0 Å². The number of amides is 1. The second-order valence-corrected chi connectivity index (χ2v) is 7.56. The van der Waals surface area contributed by atoms with Gasteiger partial charge in [-0.3, -0.25) is 9.59 Å². The second kappa shape index (κ2) is 7.21. The van der Waals surface area contributed by atoms with Gasteiger partial charge in [-0.1, -0.05) is 30.3 Å². The molecule has 0 radical (unpaired) electrons. The number of hydrogen-bond acceptors (Lipinski definition) is 5. The van der Waals surface area contributed by atoms with Crippen LogP contribution in [0.1, 0.15) is 27.9 Å². The molecule has 0 aromatic heterocycles. The van der Waals surface area contributed by atoms with Crippen LogP contribution in [0.4, 0.5) is 10.1 Å². The first kappa shape index (κ1) is 19.3. The first-order chi connectivity index (χ1) is 15.0. The third-order valence-electron chi connectivity index (χ3n) is 5.60. The Kier molecular flexibility index (Phi) is 4.48. The molecule has 0 fully saturated rings. The summed E-state index contributed by atoms with van der Waals surface area (Å²) < 4.78 is 23.8. The number of ether oxygens (including phenoxy) is 2. The molecule has 2 aliphatic heterocycles. The number of carbonyl (C=O) groups excluding carboxylic acids is 2. The molecule has 0 bridgehead atoms. The lowest BCUT2D eigenvalue weighted by molar-refractivity contribution is -0.136. The molecule has 0 aliphatic carbocycles. The fourth-order valence-corrected chi connectivity index (χ4v) is 4.01.